The lowest BCUT2D eigenvalue weighted by molar-refractivity contribution is 0.0776. The van der Waals surface area contributed by atoms with Crippen molar-refractivity contribution in [3.05, 3.63) is 0 Å². The summed E-state index contributed by atoms with van der Waals surface area (Å²) in [5.74, 6) is 1.99. The highest BCUT2D eigenvalue weighted by Gasteiger charge is 2.36. The third kappa shape index (κ3) is 2.76. The number of thiol groups is 1. The molecule has 2 unspecified atom stereocenters. The third-order valence-electron chi connectivity index (χ3n) is 4.78. The summed E-state index contributed by atoms with van der Waals surface area (Å²) in [5, 5.41) is 0. The Morgan fingerprint density at radius 3 is 2.50 bits per heavy atom. The largest absolute Gasteiger partial charge is 0.300 e. The van der Waals surface area contributed by atoms with Crippen molar-refractivity contribution >= 4 is 12.6 Å². The lowest BCUT2D eigenvalue weighted by Gasteiger charge is -2.42. The molecule has 2 rings (SSSR count). The Hall–Kier alpha value is 0.310. The van der Waals surface area contributed by atoms with Crippen molar-refractivity contribution in [1.29, 1.82) is 0 Å². The molecule has 0 bridgehead atoms. The zero-order valence-electron chi connectivity index (χ0n) is 10.9. The van der Waals surface area contributed by atoms with E-state index in [1.165, 1.54) is 51.6 Å². The van der Waals surface area contributed by atoms with Gasteiger partial charge in [-0.3, -0.25) is 4.90 Å². The number of hydrogen-bond donors (Lipinski definition) is 1. The van der Waals surface area contributed by atoms with E-state index in [9.17, 15) is 0 Å². The molecule has 2 heteroatoms. The topological polar surface area (TPSA) is 3.24 Å². The molecule has 2 aliphatic rings. The zero-order valence-corrected chi connectivity index (χ0v) is 11.8. The zero-order chi connectivity index (χ0) is 11.6. The molecule has 94 valence electrons. The van der Waals surface area contributed by atoms with E-state index < -0.39 is 0 Å². The Kier molecular flexibility index (Phi) is 4.23. The van der Waals surface area contributed by atoms with Crippen molar-refractivity contribution in [2.75, 3.05) is 18.8 Å². The maximum absolute atomic E-state index is 4.63. The van der Waals surface area contributed by atoms with Crippen LogP contribution in [0.3, 0.4) is 0 Å². The molecule has 1 heterocycles. The minimum atomic E-state index is 0.550. The van der Waals surface area contributed by atoms with Crippen molar-refractivity contribution in [1.82, 2.24) is 4.90 Å². The Bertz CT molecular complexity index is 223. The van der Waals surface area contributed by atoms with Gasteiger partial charge in [0.25, 0.3) is 0 Å². The van der Waals surface area contributed by atoms with Crippen molar-refractivity contribution in [3.63, 3.8) is 0 Å². The van der Waals surface area contributed by atoms with Crippen LogP contribution in [0.1, 0.15) is 52.4 Å². The number of nitrogens with zero attached hydrogens (tertiary/aromatic N) is 1. The van der Waals surface area contributed by atoms with Crippen LogP contribution < -0.4 is 0 Å². The van der Waals surface area contributed by atoms with E-state index in [4.69, 9.17) is 0 Å². The molecule has 0 aromatic carbocycles. The summed E-state index contributed by atoms with van der Waals surface area (Å²) in [6, 6.07) is 0.800. The normalized spacial score (nSPS) is 35.4. The Balaban J connectivity index is 1.96. The summed E-state index contributed by atoms with van der Waals surface area (Å²) in [7, 11) is 0. The first-order valence-corrected chi connectivity index (χ1v) is 7.63. The summed E-state index contributed by atoms with van der Waals surface area (Å²) < 4.78 is 0. The van der Waals surface area contributed by atoms with E-state index in [1.54, 1.807) is 0 Å². The lowest BCUT2D eigenvalue weighted by atomic mass is 9.85. The van der Waals surface area contributed by atoms with Gasteiger partial charge in [0.2, 0.25) is 0 Å². The SMILES string of the molecule is CC1CCC(C)N(CC2(CS)CCCC2)C1. The summed E-state index contributed by atoms with van der Waals surface area (Å²) >= 11 is 4.63. The quantitative estimate of drug-likeness (QED) is 0.739. The van der Waals surface area contributed by atoms with Crippen LogP contribution in [0.4, 0.5) is 0 Å². The molecule has 1 aliphatic carbocycles. The number of likely N-dealkylation sites (tertiary alicyclic amines) is 1. The van der Waals surface area contributed by atoms with Crippen molar-refractivity contribution in [2.24, 2.45) is 11.3 Å². The van der Waals surface area contributed by atoms with Crippen LogP contribution in [0.5, 0.6) is 0 Å². The van der Waals surface area contributed by atoms with E-state index in [0.717, 1.165) is 17.7 Å². The fourth-order valence-electron chi connectivity index (χ4n) is 3.52. The van der Waals surface area contributed by atoms with Gasteiger partial charge >= 0.3 is 0 Å². The van der Waals surface area contributed by atoms with Crippen LogP contribution in [0.15, 0.2) is 0 Å². The second-order valence-electron chi connectivity index (χ2n) is 6.33. The second kappa shape index (κ2) is 5.30. The van der Waals surface area contributed by atoms with Gasteiger partial charge in [-0.15, -0.1) is 0 Å². The second-order valence-corrected chi connectivity index (χ2v) is 6.64. The Morgan fingerprint density at radius 1 is 1.19 bits per heavy atom. The van der Waals surface area contributed by atoms with Gasteiger partial charge < -0.3 is 0 Å². The van der Waals surface area contributed by atoms with E-state index in [2.05, 4.69) is 31.4 Å². The summed E-state index contributed by atoms with van der Waals surface area (Å²) in [6.07, 6.45) is 8.49. The minimum absolute atomic E-state index is 0.550. The fourth-order valence-corrected chi connectivity index (χ4v) is 3.94. The Labute approximate surface area is 106 Å². The molecule has 1 saturated heterocycles. The van der Waals surface area contributed by atoms with Crippen LogP contribution in [0.2, 0.25) is 0 Å². The van der Waals surface area contributed by atoms with Gasteiger partial charge in [0.15, 0.2) is 0 Å². The number of rotatable bonds is 3. The molecule has 2 atom stereocenters. The summed E-state index contributed by atoms with van der Waals surface area (Å²) in [4.78, 5) is 2.75. The highest BCUT2D eigenvalue weighted by atomic mass is 32.1. The first-order chi connectivity index (χ1) is 7.65. The van der Waals surface area contributed by atoms with E-state index in [-0.39, 0.29) is 0 Å². The molecular weight excluding hydrogens is 214 g/mol. The molecule has 0 N–H and O–H groups in total. The molecule has 0 aromatic heterocycles. The minimum Gasteiger partial charge on any atom is -0.300 e. The van der Waals surface area contributed by atoms with Gasteiger partial charge in [0.05, 0.1) is 0 Å². The first-order valence-electron chi connectivity index (χ1n) is 7.00. The van der Waals surface area contributed by atoms with E-state index in [0.29, 0.717) is 5.41 Å². The first kappa shape index (κ1) is 12.8. The van der Waals surface area contributed by atoms with Gasteiger partial charge in [-0.25, -0.2) is 0 Å². The van der Waals surface area contributed by atoms with Crippen molar-refractivity contribution < 1.29 is 0 Å². The van der Waals surface area contributed by atoms with Gasteiger partial charge in [0, 0.05) is 19.1 Å². The van der Waals surface area contributed by atoms with E-state index in [1.807, 2.05) is 0 Å². The van der Waals surface area contributed by atoms with Crippen LogP contribution >= 0.6 is 12.6 Å². The lowest BCUT2D eigenvalue weighted by Crippen LogP contribution is -2.47. The van der Waals surface area contributed by atoms with Crippen molar-refractivity contribution in [2.45, 2.75) is 58.4 Å². The number of hydrogen-bond acceptors (Lipinski definition) is 2. The van der Waals surface area contributed by atoms with Crippen LogP contribution in [0.25, 0.3) is 0 Å². The Morgan fingerprint density at radius 2 is 1.88 bits per heavy atom. The standard InChI is InChI=1S/C14H27NS/c1-12-5-6-13(2)15(9-12)10-14(11-16)7-3-4-8-14/h12-13,16H,3-11H2,1-2H3. The van der Waals surface area contributed by atoms with Gasteiger partial charge in [-0.1, -0.05) is 19.8 Å². The number of piperidine rings is 1. The highest BCUT2D eigenvalue weighted by Crippen LogP contribution is 2.41. The van der Waals surface area contributed by atoms with Gasteiger partial charge in [0.1, 0.15) is 0 Å². The van der Waals surface area contributed by atoms with Crippen LogP contribution in [-0.2, 0) is 0 Å². The molecule has 1 saturated carbocycles. The third-order valence-corrected chi connectivity index (χ3v) is 5.46. The monoisotopic (exact) mass is 241 g/mol. The summed E-state index contributed by atoms with van der Waals surface area (Å²) in [6.45, 7) is 7.44. The predicted molar refractivity (Wildman–Crippen MR) is 74.2 cm³/mol. The van der Waals surface area contributed by atoms with Crippen molar-refractivity contribution in [3.8, 4) is 0 Å². The average Bonchev–Trinajstić information content (AvgIpc) is 2.73. The van der Waals surface area contributed by atoms with E-state index >= 15 is 0 Å². The van der Waals surface area contributed by atoms with Crippen LogP contribution in [-0.4, -0.2) is 29.8 Å². The maximum Gasteiger partial charge on any atom is 0.00673 e. The summed E-state index contributed by atoms with van der Waals surface area (Å²) in [5.41, 5.74) is 0.550. The maximum atomic E-state index is 4.63. The molecule has 0 spiro atoms. The molecule has 16 heavy (non-hydrogen) atoms. The molecule has 0 radical (unpaired) electrons. The predicted octanol–water partition coefficient (Wildman–Crippen LogP) is 3.60. The highest BCUT2D eigenvalue weighted by molar-refractivity contribution is 7.80. The van der Waals surface area contributed by atoms with Gasteiger partial charge in [-0.2, -0.15) is 12.6 Å². The molecule has 1 nitrogen and oxygen atoms in total. The van der Waals surface area contributed by atoms with Crippen LogP contribution in [0, 0.1) is 11.3 Å². The molecule has 0 aromatic rings. The molecule has 0 amide bonds. The smallest absolute Gasteiger partial charge is 0.00673 e. The fraction of sp³-hybridized carbons (Fsp3) is 1.00. The molecular formula is C14H27NS. The molecule has 2 fully saturated rings. The average molecular weight is 241 g/mol. The molecule has 1 aliphatic heterocycles. The van der Waals surface area contributed by atoms with Gasteiger partial charge in [-0.05, 0) is 49.7 Å².